The summed E-state index contributed by atoms with van der Waals surface area (Å²) in [4.78, 5) is 18.1. The van der Waals surface area contributed by atoms with Crippen molar-refractivity contribution in [2.45, 2.75) is 32.0 Å². The Balaban J connectivity index is 1.73. The molecule has 2 aliphatic rings. The lowest BCUT2D eigenvalue weighted by Gasteiger charge is -2.27. The van der Waals surface area contributed by atoms with E-state index in [0.717, 1.165) is 42.4 Å². The number of rotatable bonds is 6. The van der Waals surface area contributed by atoms with Gasteiger partial charge in [0.2, 0.25) is 0 Å². The minimum absolute atomic E-state index is 0.0820. The van der Waals surface area contributed by atoms with Gasteiger partial charge >= 0.3 is 6.18 Å². The van der Waals surface area contributed by atoms with E-state index in [4.69, 9.17) is 11.6 Å². The number of allylic oxidation sites excluding steroid dienone is 1. The lowest BCUT2D eigenvalue weighted by molar-refractivity contribution is -0.127. The number of hydrogen-bond acceptors (Lipinski definition) is 3. The Hall–Kier alpha value is -1.47. The van der Waals surface area contributed by atoms with Crippen molar-refractivity contribution in [2.24, 2.45) is 10.9 Å². The molecule has 3 rings (SSSR count). The average molecular weight is 431 g/mol. The van der Waals surface area contributed by atoms with Gasteiger partial charge in [0.25, 0.3) is 5.91 Å². The molecule has 0 N–H and O–H groups in total. The van der Waals surface area contributed by atoms with Crippen molar-refractivity contribution in [3.63, 3.8) is 0 Å². The molecule has 0 radical (unpaired) electrons. The molecule has 3 nitrogen and oxygen atoms in total. The molecule has 1 aromatic carbocycles. The fourth-order valence-corrected chi connectivity index (χ4v) is 4.79. The Kier molecular flexibility index (Phi) is 7.10. The van der Waals surface area contributed by atoms with Crippen LogP contribution in [-0.2, 0) is 11.3 Å². The van der Waals surface area contributed by atoms with Gasteiger partial charge in [0.05, 0.1) is 6.54 Å². The van der Waals surface area contributed by atoms with E-state index in [-0.39, 0.29) is 18.7 Å². The number of nitrogens with zero attached hydrogens (tertiary/aromatic N) is 2. The largest absolute Gasteiger partial charge is 0.432 e. The Morgan fingerprint density at radius 1 is 1.25 bits per heavy atom. The number of thioether (sulfide) groups is 1. The van der Waals surface area contributed by atoms with Crippen LogP contribution in [0.4, 0.5) is 13.2 Å². The van der Waals surface area contributed by atoms with E-state index in [0.29, 0.717) is 17.5 Å². The zero-order valence-corrected chi connectivity index (χ0v) is 16.9. The minimum atomic E-state index is -4.53. The van der Waals surface area contributed by atoms with Crippen LogP contribution in [0.25, 0.3) is 0 Å². The van der Waals surface area contributed by atoms with Gasteiger partial charge in [0.15, 0.2) is 0 Å². The number of amides is 1. The quantitative estimate of drug-likeness (QED) is 0.625. The maximum absolute atomic E-state index is 13.0. The van der Waals surface area contributed by atoms with Crippen molar-refractivity contribution in [1.82, 2.24) is 4.90 Å². The number of alkyl halides is 3. The number of hydrogen-bond donors (Lipinski definition) is 0. The predicted molar refractivity (Wildman–Crippen MR) is 108 cm³/mol. The molecule has 0 unspecified atom stereocenters. The summed E-state index contributed by atoms with van der Waals surface area (Å²) < 4.78 is 38.6. The maximum Gasteiger partial charge on any atom is 0.432 e. The summed E-state index contributed by atoms with van der Waals surface area (Å²) in [7, 11) is 0. The van der Waals surface area contributed by atoms with Crippen LogP contribution in [0.15, 0.2) is 40.9 Å². The third-order valence-corrected chi connectivity index (χ3v) is 6.47. The third-order valence-electron chi connectivity index (χ3n) is 5.05. The highest BCUT2D eigenvalue weighted by atomic mass is 35.5. The molecule has 1 amide bonds. The zero-order valence-electron chi connectivity index (χ0n) is 15.3. The summed E-state index contributed by atoms with van der Waals surface area (Å²) >= 11 is 8.18. The van der Waals surface area contributed by atoms with Gasteiger partial charge in [-0.25, -0.2) is 0 Å². The Bertz CT molecular complexity index is 773. The van der Waals surface area contributed by atoms with E-state index >= 15 is 0 Å². The summed E-state index contributed by atoms with van der Waals surface area (Å²) in [6, 6.07) is 7.22. The number of carbonyl (C=O) groups is 1. The van der Waals surface area contributed by atoms with Crippen LogP contribution in [0.2, 0.25) is 5.02 Å². The fourth-order valence-electron chi connectivity index (χ4n) is 3.39. The van der Waals surface area contributed by atoms with Crippen LogP contribution in [0.1, 0.15) is 24.8 Å². The van der Waals surface area contributed by atoms with Crippen LogP contribution in [0, 0.1) is 5.92 Å². The molecule has 28 heavy (non-hydrogen) atoms. The summed E-state index contributed by atoms with van der Waals surface area (Å²) in [6.45, 7) is 0.545. The summed E-state index contributed by atoms with van der Waals surface area (Å²) in [5.41, 5.74) is -0.122. The maximum atomic E-state index is 13.0. The molecule has 8 heteroatoms. The molecule has 0 aliphatic carbocycles. The highest BCUT2D eigenvalue weighted by molar-refractivity contribution is 7.99. The van der Waals surface area contributed by atoms with Gasteiger partial charge in [-0.05, 0) is 54.4 Å². The van der Waals surface area contributed by atoms with E-state index in [1.54, 1.807) is 17.0 Å². The first-order valence-electron chi connectivity index (χ1n) is 9.27. The van der Waals surface area contributed by atoms with Crippen molar-refractivity contribution in [3.05, 3.63) is 46.5 Å². The van der Waals surface area contributed by atoms with Gasteiger partial charge in [-0.1, -0.05) is 29.8 Å². The number of carbonyl (C=O) groups excluding carboxylic acids is 1. The van der Waals surface area contributed by atoms with Crippen molar-refractivity contribution in [3.8, 4) is 0 Å². The van der Waals surface area contributed by atoms with Crippen molar-refractivity contribution in [1.29, 1.82) is 0 Å². The molecule has 1 fully saturated rings. The minimum Gasteiger partial charge on any atom is -0.334 e. The first kappa shape index (κ1) is 21.2. The molecule has 0 aromatic heterocycles. The second-order valence-electron chi connectivity index (χ2n) is 7.03. The van der Waals surface area contributed by atoms with Gasteiger partial charge in [0.1, 0.15) is 5.71 Å². The first-order chi connectivity index (χ1) is 13.3. The molecule has 0 atom stereocenters. The van der Waals surface area contributed by atoms with Crippen LogP contribution in [0.3, 0.4) is 0 Å². The van der Waals surface area contributed by atoms with E-state index in [2.05, 4.69) is 4.99 Å². The molecule has 2 heterocycles. The standard InChI is InChI=1S/C20H22ClF3N2OS/c21-17-4-2-1-3-15(17)13-26(8-5-14-6-9-28-10-7-14)19(27)16-11-18(25-12-16)20(22,23)24/h1-4,11,14H,5-10,12-13H2. The van der Waals surface area contributed by atoms with Crippen molar-refractivity contribution < 1.29 is 18.0 Å². The molecule has 1 saturated heterocycles. The molecule has 0 saturated carbocycles. The van der Waals surface area contributed by atoms with Crippen LogP contribution in [-0.4, -0.2) is 47.3 Å². The fraction of sp³-hybridized carbons (Fsp3) is 0.500. The predicted octanol–water partition coefficient (Wildman–Crippen LogP) is 5.15. The lowest BCUT2D eigenvalue weighted by atomic mass is 9.98. The van der Waals surface area contributed by atoms with Crippen molar-refractivity contribution in [2.75, 3.05) is 24.6 Å². The topological polar surface area (TPSA) is 32.7 Å². The van der Waals surface area contributed by atoms with Gasteiger partial charge < -0.3 is 4.90 Å². The van der Waals surface area contributed by atoms with Gasteiger partial charge in [-0.15, -0.1) is 0 Å². The second-order valence-corrected chi connectivity index (χ2v) is 8.66. The molecule has 1 aromatic rings. The van der Waals surface area contributed by atoms with Gasteiger partial charge in [-0.3, -0.25) is 9.79 Å². The molecule has 2 aliphatic heterocycles. The van der Waals surface area contributed by atoms with E-state index in [1.807, 2.05) is 23.9 Å². The van der Waals surface area contributed by atoms with E-state index in [1.165, 1.54) is 0 Å². The average Bonchev–Trinajstić information content (AvgIpc) is 3.17. The summed E-state index contributed by atoms with van der Waals surface area (Å²) in [6.07, 6.45) is -0.586. The normalized spacial score (nSPS) is 18.0. The van der Waals surface area contributed by atoms with Crippen LogP contribution in [0.5, 0.6) is 0 Å². The van der Waals surface area contributed by atoms with E-state index in [9.17, 15) is 18.0 Å². The summed E-state index contributed by atoms with van der Waals surface area (Å²) in [5.74, 6) is 2.39. The van der Waals surface area contributed by atoms with Crippen LogP contribution < -0.4 is 0 Å². The zero-order chi connectivity index (χ0) is 20.1. The van der Waals surface area contributed by atoms with Gasteiger partial charge in [0, 0.05) is 23.7 Å². The number of halogens is 4. The van der Waals surface area contributed by atoms with E-state index < -0.39 is 17.8 Å². The first-order valence-corrected chi connectivity index (χ1v) is 10.8. The number of aliphatic imine (C=N–C) groups is 1. The molecule has 0 spiro atoms. The highest BCUT2D eigenvalue weighted by Crippen LogP contribution is 2.28. The number of benzene rings is 1. The highest BCUT2D eigenvalue weighted by Gasteiger charge is 2.37. The molecular formula is C20H22ClF3N2OS. The Morgan fingerprint density at radius 2 is 1.96 bits per heavy atom. The Labute approximate surface area is 172 Å². The SMILES string of the molecule is O=C(C1=CC(C(F)(F)F)=NC1)N(CCC1CCSCC1)Cc1ccccc1Cl. The Morgan fingerprint density at radius 3 is 2.61 bits per heavy atom. The lowest BCUT2D eigenvalue weighted by Crippen LogP contribution is -2.34. The smallest absolute Gasteiger partial charge is 0.334 e. The van der Waals surface area contributed by atoms with Crippen molar-refractivity contribution >= 4 is 35.0 Å². The van der Waals surface area contributed by atoms with Crippen LogP contribution >= 0.6 is 23.4 Å². The molecule has 0 bridgehead atoms. The summed E-state index contributed by atoms with van der Waals surface area (Å²) in [5, 5.41) is 0.544. The monoisotopic (exact) mass is 430 g/mol. The molecule has 152 valence electrons. The van der Waals surface area contributed by atoms with Gasteiger partial charge in [-0.2, -0.15) is 24.9 Å². The molecular weight excluding hydrogens is 409 g/mol. The third kappa shape index (κ3) is 5.54. The second kappa shape index (κ2) is 9.35.